The van der Waals surface area contributed by atoms with Crippen LogP contribution in [0.2, 0.25) is 0 Å². The van der Waals surface area contributed by atoms with Crippen LogP contribution in [0.15, 0.2) is 0 Å². The topological polar surface area (TPSA) is 41.1 Å². The molecule has 96 valence electrons. The van der Waals surface area contributed by atoms with Gasteiger partial charge >= 0.3 is 6.03 Å². The number of amides is 2. The Bertz CT molecular complexity index is 347. The van der Waals surface area contributed by atoms with Gasteiger partial charge in [0.2, 0.25) is 0 Å². The highest BCUT2D eigenvalue weighted by molar-refractivity contribution is 5.74. The Morgan fingerprint density at radius 2 is 1.65 bits per heavy atom. The molecule has 3 heteroatoms. The SMILES string of the molecule is CNC(=O)NC12CC3CC(C)(CC(C)(C3)C1)C2. The Morgan fingerprint density at radius 1 is 1.06 bits per heavy atom. The number of urea groups is 1. The first-order valence-corrected chi connectivity index (χ1v) is 6.86. The Hall–Kier alpha value is -0.730. The Kier molecular flexibility index (Phi) is 2.13. The summed E-state index contributed by atoms with van der Waals surface area (Å²) in [4.78, 5) is 11.7. The second-order valence-corrected chi connectivity index (χ2v) is 7.61. The molecule has 2 amide bonds. The number of carbonyl (C=O) groups is 1. The first-order valence-electron chi connectivity index (χ1n) is 6.86. The molecular formula is C14H24N2O. The zero-order valence-corrected chi connectivity index (χ0v) is 11.2. The lowest BCUT2D eigenvalue weighted by Gasteiger charge is -2.65. The highest BCUT2D eigenvalue weighted by Gasteiger charge is 2.60. The summed E-state index contributed by atoms with van der Waals surface area (Å²) in [6.07, 6.45) is 7.66. The maximum absolute atomic E-state index is 11.7. The molecule has 0 spiro atoms. The van der Waals surface area contributed by atoms with Crippen molar-refractivity contribution in [2.24, 2.45) is 16.7 Å². The highest BCUT2D eigenvalue weighted by atomic mass is 16.2. The van der Waals surface area contributed by atoms with Crippen molar-refractivity contribution in [2.45, 2.75) is 57.9 Å². The Morgan fingerprint density at radius 3 is 2.12 bits per heavy atom. The van der Waals surface area contributed by atoms with Crippen LogP contribution in [0.4, 0.5) is 4.79 Å². The van der Waals surface area contributed by atoms with Crippen LogP contribution >= 0.6 is 0 Å². The number of hydrogen-bond donors (Lipinski definition) is 2. The average Bonchev–Trinajstić information content (AvgIpc) is 2.10. The van der Waals surface area contributed by atoms with E-state index in [1.54, 1.807) is 7.05 Å². The average molecular weight is 236 g/mol. The molecular weight excluding hydrogens is 212 g/mol. The van der Waals surface area contributed by atoms with Crippen LogP contribution < -0.4 is 10.6 Å². The van der Waals surface area contributed by atoms with Crippen molar-refractivity contribution in [3.8, 4) is 0 Å². The van der Waals surface area contributed by atoms with Crippen LogP contribution in [0.25, 0.3) is 0 Å². The van der Waals surface area contributed by atoms with Crippen molar-refractivity contribution in [2.75, 3.05) is 7.05 Å². The van der Waals surface area contributed by atoms with Gasteiger partial charge < -0.3 is 10.6 Å². The van der Waals surface area contributed by atoms with Crippen molar-refractivity contribution in [3.63, 3.8) is 0 Å². The lowest BCUT2D eigenvalue weighted by Crippen LogP contribution is -2.66. The van der Waals surface area contributed by atoms with Crippen molar-refractivity contribution in [1.29, 1.82) is 0 Å². The molecule has 4 rings (SSSR count). The molecule has 0 aliphatic heterocycles. The normalized spacial score (nSPS) is 51.4. The van der Waals surface area contributed by atoms with Gasteiger partial charge in [0.25, 0.3) is 0 Å². The molecule has 0 aromatic carbocycles. The number of nitrogens with one attached hydrogen (secondary N) is 2. The largest absolute Gasteiger partial charge is 0.341 e. The zero-order chi connectivity index (χ0) is 12.3. The number of hydrogen-bond acceptors (Lipinski definition) is 1. The fraction of sp³-hybridized carbons (Fsp3) is 0.929. The zero-order valence-electron chi connectivity index (χ0n) is 11.2. The van der Waals surface area contributed by atoms with Gasteiger partial charge in [-0.2, -0.15) is 0 Å². The molecule has 0 aromatic rings. The third-order valence-corrected chi connectivity index (χ3v) is 5.23. The van der Waals surface area contributed by atoms with E-state index in [4.69, 9.17) is 0 Å². The van der Waals surface area contributed by atoms with E-state index >= 15 is 0 Å². The van der Waals surface area contributed by atoms with E-state index in [1.165, 1.54) is 38.5 Å². The summed E-state index contributed by atoms with van der Waals surface area (Å²) in [7, 11) is 1.71. The second kappa shape index (κ2) is 3.18. The first kappa shape index (κ1) is 11.4. The van der Waals surface area contributed by atoms with Gasteiger partial charge in [0.1, 0.15) is 0 Å². The lowest BCUT2D eigenvalue weighted by molar-refractivity contribution is -0.113. The minimum atomic E-state index is -0.000787. The predicted molar refractivity (Wildman–Crippen MR) is 67.7 cm³/mol. The molecule has 3 nitrogen and oxygen atoms in total. The van der Waals surface area contributed by atoms with Crippen molar-refractivity contribution >= 4 is 6.03 Å². The maximum atomic E-state index is 11.7. The van der Waals surface area contributed by atoms with E-state index < -0.39 is 0 Å². The molecule has 2 N–H and O–H groups in total. The van der Waals surface area contributed by atoms with Crippen molar-refractivity contribution in [1.82, 2.24) is 10.6 Å². The molecule has 17 heavy (non-hydrogen) atoms. The molecule has 0 aromatic heterocycles. The molecule has 4 aliphatic carbocycles. The van der Waals surface area contributed by atoms with Gasteiger partial charge in [-0.3, -0.25) is 0 Å². The smallest absolute Gasteiger partial charge is 0.314 e. The minimum Gasteiger partial charge on any atom is -0.341 e. The molecule has 4 aliphatic rings. The summed E-state index contributed by atoms with van der Waals surface area (Å²) >= 11 is 0. The van der Waals surface area contributed by atoms with E-state index in [1.807, 2.05) is 0 Å². The minimum absolute atomic E-state index is 0.000787. The fourth-order valence-corrected chi connectivity index (χ4v) is 5.89. The van der Waals surface area contributed by atoms with Gasteiger partial charge in [-0.05, 0) is 55.3 Å². The van der Waals surface area contributed by atoms with Gasteiger partial charge in [0, 0.05) is 12.6 Å². The highest BCUT2D eigenvalue weighted by Crippen LogP contribution is 2.66. The quantitative estimate of drug-likeness (QED) is 0.722. The summed E-state index contributed by atoms with van der Waals surface area (Å²) in [6, 6.07) is -0.000787. The van der Waals surface area contributed by atoms with Gasteiger partial charge in [-0.25, -0.2) is 4.79 Å². The summed E-state index contributed by atoms with van der Waals surface area (Å²) in [5.41, 5.74) is 1.02. The van der Waals surface area contributed by atoms with Crippen molar-refractivity contribution in [3.05, 3.63) is 0 Å². The maximum Gasteiger partial charge on any atom is 0.314 e. The van der Waals surface area contributed by atoms with Crippen LogP contribution in [0.3, 0.4) is 0 Å². The van der Waals surface area contributed by atoms with E-state index in [0.29, 0.717) is 10.8 Å². The number of rotatable bonds is 1. The molecule has 0 heterocycles. The second-order valence-electron chi connectivity index (χ2n) is 7.61. The molecule has 4 fully saturated rings. The van der Waals surface area contributed by atoms with Gasteiger partial charge in [-0.15, -0.1) is 0 Å². The molecule has 0 saturated heterocycles. The predicted octanol–water partition coefficient (Wildman–Crippen LogP) is 2.66. The molecule has 4 saturated carbocycles. The van der Waals surface area contributed by atoms with Crippen molar-refractivity contribution < 1.29 is 4.79 Å². The fourth-order valence-electron chi connectivity index (χ4n) is 5.89. The van der Waals surface area contributed by atoms with E-state index in [9.17, 15) is 4.79 Å². The van der Waals surface area contributed by atoms with Crippen LogP contribution in [0.1, 0.15) is 52.4 Å². The summed E-state index contributed by atoms with van der Waals surface area (Å²) in [6.45, 7) is 4.85. The molecule has 0 radical (unpaired) electrons. The molecule has 2 unspecified atom stereocenters. The Balaban J connectivity index is 1.89. The summed E-state index contributed by atoms with van der Waals surface area (Å²) in [5.74, 6) is 0.832. The van der Waals surface area contributed by atoms with Gasteiger partial charge in [-0.1, -0.05) is 13.8 Å². The number of carbonyl (C=O) groups excluding carboxylic acids is 1. The van der Waals surface area contributed by atoms with Crippen LogP contribution in [-0.4, -0.2) is 18.6 Å². The van der Waals surface area contributed by atoms with Crippen LogP contribution in [0, 0.1) is 16.7 Å². The monoisotopic (exact) mass is 236 g/mol. The Labute approximate surface area is 104 Å². The lowest BCUT2D eigenvalue weighted by atomic mass is 9.43. The third kappa shape index (κ3) is 1.74. The third-order valence-electron chi connectivity index (χ3n) is 5.23. The first-order chi connectivity index (χ1) is 7.86. The van der Waals surface area contributed by atoms with E-state index in [2.05, 4.69) is 24.5 Å². The molecule has 2 atom stereocenters. The summed E-state index contributed by atoms with van der Waals surface area (Å²) < 4.78 is 0. The van der Waals surface area contributed by atoms with E-state index in [0.717, 1.165) is 5.92 Å². The van der Waals surface area contributed by atoms with Crippen LogP contribution in [-0.2, 0) is 0 Å². The van der Waals surface area contributed by atoms with E-state index in [-0.39, 0.29) is 11.6 Å². The van der Waals surface area contributed by atoms with Crippen LogP contribution in [0.5, 0.6) is 0 Å². The van der Waals surface area contributed by atoms with Gasteiger partial charge in [0.15, 0.2) is 0 Å². The van der Waals surface area contributed by atoms with Gasteiger partial charge in [0.05, 0.1) is 0 Å². The standard InChI is InChI=1S/C14H24N2O/c1-12-4-10-5-13(2,7-12)9-14(6-10,8-12)16-11(17)15-3/h10H,4-9H2,1-3H3,(H2,15,16,17). The summed E-state index contributed by atoms with van der Waals surface area (Å²) in [5, 5.41) is 5.99. The molecule has 4 bridgehead atoms.